The molecule has 12 nitrogen and oxygen atoms in total. The molecular weight excluding hydrogens is 631 g/mol. The van der Waals surface area contributed by atoms with Crippen LogP contribution in [0.15, 0.2) is 17.8 Å². The Balaban J connectivity index is 1.57. The molecule has 0 aliphatic carbocycles. The fourth-order valence-corrected chi connectivity index (χ4v) is 8.21. The number of hydrogen-bond donors (Lipinski definition) is 0. The van der Waals surface area contributed by atoms with E-state index in [0.29, 0.717) is 25.4 Å². The van der Waals surface area contributed by atoms with Crippen molar-refractivity contribution in [3.8, 4) is 10.7 Å². The zero-order valence-corrected chi connectivity index (χ0v) is 31.3. The molecule has 48 heavy (non-hydrogen) atoms. The van der Waals surface area contributed by atoms with Crippen LogP contribution < -0.4 is 0 Å². The zero-order valence-electron chi connectivity index (χ0n) is 30.5. The number of nitrogens with zero attached hydrogens (tertiary/aromatic N) is 6. The Morgan fingerprint density at radius 2 is 1.83 bits per heavy atom. The van der Waals surface area contributed by atoms with Crippen LogP contribution >= 0.6 is 11.3 Å². The summed E-state index contributed by atoms with van der Waals surface area (Å²) in [5.41, 5.74) is -0.919. The monoisotopic (exact) mass is 686 g/mol. The molecule has 2 saturated heterocycles. The Morgan fingerprint density at radius 3 is 2.48 bits per heavy atom. The highest BCUT2D eigenvalue weighted by atomic mass is 32.1. The zero-order chi connectivity index (χ0) is 35.4. The minimum Gasteiger partial charge on any atom is -0.458 e. The van der Waals surface area contributed by atoms with Crippen LogP contribution in [0.4, 0.5) is 4.79 Å². The van der Waals surface area contributed by atoms with Crippen molar-refractivity contribution in [2.45, 2.75) is 122 Å². The summed E-state index contributed by atoms with van der Waals surface area (Å²) in [7, 11) is 5.82. The van der Waals surface area contributed by atoms with Crippen LogP contribution in [0.2, 0.25) is 5.82 Å². The maximum atomic E-state index is 13.7. The van der Waals surface area contributed by atoms with Gasteiger partial charge in [0.15, 0.2) is 5.60 Å². The van der Waals surface area contributed by atoms with Crippen LogP contribution in [-0.2, 0) is 30.3 Å². The summed E-state index contributed by atoms with van der Waals surface area (Å²) in [6.07, 6.45) is 6.08. The van der Waals surface area contributed by atoms with Crippen LogP contribution in [0.1, 0.15) is 80.6 Å². The van der Waals surface area contributed by atoms with Gasteiger partial charge < -0.3 is 19.1 Å². The highest BCUT2D eigenvalue weighted by molar-refractivity contribution is 7.13. The number of rotatable bonds is 8. The van der Waals surface area contributed by atoms with E-state index >= 15 is 0 Å². The number of carbonyl (C=O) groups excluding carboxylic acids is 3. The number of hydrogen-bond acceptors (Lipinski definition) is 11. The summed E-state index contributed by atoms with van der Waals surface area (Å²) < 4.78 is 20.2. The van der Waals surface area contributed by atoms with Gasteiger partial charge in [0.25, 0.3) is 0 Å². The molecule has 0 aromatic carbocycles. The molecule has 2 aromatic heterocycles. The Hall–Kier alpha value is -2.84. The van der Waals surface area contributed by atoms with Crippen LogP contribution in [0.5, 0.6) is 0 Å². The van der Waals surface area contributed by atoms with Crippen LogP contribution in [0.25, 0.3) is 10.7 Å². The van der Waals surface area contributed by atoms with Gasteiger partial charge in [-0.2, -0.15) is 0 Å². The number of ketones is 1. The lowest BCUT2D eigenvalue weighted by Crippen LogP contribution is -2.61. The third-order valence-electron chi connectivity index (χ3n) is 11.2. The van der Waals surface area contributed by atoms with Crippen molar-refractivity contribution < 1.29 is 28.6 Å². The standard InChI is InChI=1S/C34H55BN6O6S/c1-10-26-34(7)29(41(32(44)47-34)16-12-11-15-40-20-25(37-38-40)30-36-14-18-48-30)24(5)39(8)17-13-21(2)19-33(6,45-9)28(35)22(3)27(42)23(4)31(43)46-26/h14,18,20-24,26,28-29H,10-13,15-17,19,35H2,1-9H3/t21-,22+,23-,24+,26-,28-,29-,33-,34-/m1/s1. The largest absolute Gasteiger partial charge is 0.458 e. The summed E-state index contributed by atoms with van der Waals surface area (Å²) in [6, 6.07) is -0.509. The van der Waals surface area contributed by atoms with E-state index in [1.807, 2.05) is 45.1 Å². The average molecular weight is 687 g/mol. The Bertz CT molecular complexity index is 1390. The molecule has 4 rings (SSSR count). The molecule has 14 heteroatoms. The van der Waals surface area contributed by atoms with E-state index in [0.717, 1.165) is 42.9 Å². The summed E-state index contributed by atoms with van der Waals surface area (Å²) in [5, 5.41) is 11.2. The molecule has 2 aliphatic heterocycles. The van der Waals surface area contributed by atoms with Gasteiger partial charge in [0, 0.05) is 43.7 Å². The number of aryl methyl sites for hydroxylation is 1. The number of unbranched alkanes of at least 4 members (excludes halogenated alkanes) is 1. The van der Waals surface area contributed by atoms with Gasteiger partial charge in [0.2, 0.25) is 0 Å². The molecule has 0 saturated carbocycles. The van der Waals surface area contributed by atoms with Gasteiger partial charge in [-0.3, -0.25) is 19.2 Å². The van der Waals surface area contributed by atoms with Gasteiger partial charge >= 0.3 is 12.1 Å². The Kier molecular flexibility index (Phi) is 12.5. The molecule has 0 radical (unpaired) electrons. The van der Waals surface area contributed by atoms with E-state index < -0.39 is 47.2 Å². The third-order valence-corrected chi connectivity index (χ3v) is 12.0. The lowest BCUT2D eigenvalue weighted by Gasteiger charge is -2.44. The molecule has 2 aromatic rings. The number of aromatic nitrogens is 4. The summed E-state index contributed by atoms with van der Waals surface area (Å²) >= 11 is 1.52. The summed E-state index contributed by atoms with van der Waals surface area (Å²) in [6.45, 7) is 15.6. The second kappa shape index (κ2) is 15.8. The molecular formula is C34H55BN6O6S. The number of amides is 1. The molecule has 0 bridgehead atoms. The number of Topliss-reactive ketones (excluding diaryl/α,β-unsaturated/α-hetero) is 1. The number of cyclic esters (lactones) is 1. The van der Waals surface area contributed by atoms with Crippen molar-refractivity contribution in [2.75, 3.05) is 27.2 Å². The van der Waals surface area contributed by atoms with Crippen molar-refractivity contribution in [2.24, 2.45) is 17.8 Å². The van der Waals surface area contributed by atoms with Crippen LogP contribution in [-0.4, -0.2) is 112 Å². The molecule has 9 atom stereocenters. The number of likely N-dealkylation sites (N-methyl/N-ethyl adjacent to an activating group) is 1. The minimum absolute atomic E-state index is 0.114. The predicted molar refractivity (Wildman–Crippen MR) is 187 cm³/mol. The molecule has 0 N–H and O–H groups in total. The lowest BCUT2D eigenvalue weighted by molar-refractivity contribution is -0.171. The first-order chi connectivity index (χ1) is 22.7. The number of thiazole rings is 1. The van der Waals surface area contributed by atoms with Crippen molar-refractivity contribution in [1.82, 2.24) is 29.8 Å². The molecule has 2 aliphatic rings. The lowest BCUT2D eigenvalue weighted by atomic mass is 9.62. The topological polar surface area (TPSA) is 129 Å². The van der Waals surface area contributed by atoms with Gasteiger partial charge in [-0.05, 0) is 85.1 Å². The van der Waals surface area contributed by atoms with Crippen LogP contribution in [0, 0.1) is 17.8 Å². The van der Waals surface area contributed by atoms with E-state index in [2.05, 4.69) is 48.0 Å². The van der Waals surface area contributed by atoms with Crippen LogP contribution in [0.3, 0.4) is 0 Å². The number of methoxy groups -OCH3 is 1. The van der Waals surface area contributed by atoms with Crippen molar-refractivity contribution in [3.05, 3.63) is 17.8 Å². The Labute approximate surface area is 290 Å². The minimum atomic E-state index is -1.12. The van der Waals surface area contributed by atoms with Gasteiger partial charge in [-0.1, -0.05) is 26.0 Å². The second-order valence-electron chi connectivity index (χ2n) is 14.5. The first kappa shape index (κ1) is 38.0. The van der Waals surface area contributed by atoms with E-state index in [9.17, 15) is 14.4 Å². The summed E-state index contributed by atoms with van der Waals surface area (Å²) in [4.78, 5) is 49.4. The highest BCUT2D eigenvalue weighted by Crippen LogP contribution is 2.41. The summed E-state index contributed by atoms with van der Waals surface area (Å²) in [5.74, 6) is -1.95. The SMILES string of the molecule is B[C@@H]1[C@@H](C)C(=O)[C@@H](C)C(=O)O[C@H](CC)[C@@]2(C)OC(=O)N(CCCCn3cc(-c4nccs4)nn3)[C@@H]2[C@H](C)N(C)CC[C@@H](C)C[C@@]1(C)OC. The molecule has 4 heterocycles. The second-order valence-corrected chi connectivity index (χ2v) is 15.4. The quantitative estimate of drug-likeness (QED) is 0.170. The maximum absolute atomic E-state index is 13.7. The predicted octanol–water partition coefficient (Wildman–Crippen LogP) is 4.50. The number of fused-ring (bicyclic) bond motifs is 1. The first-order valence-corrected chi connectivity index (χ1v) is 18.3. The van der Waals surface area contributed by atoms with Crippen molar-refractivity contribution >= 4 is 37.0 Å². The molecule has 2 fully saturated rings. The van der Waals surface area contributed by atoms with Gasteiger partial charge in [0.05, 0.1) is 17.8 Å². The fourth-order valence-electron chi connectivity index (χ4n) is 7.62. The smallest absolute Gasteiger partial charge is 0.410 e. The van der Waals surface area contributed by atoms with E-state index in [-0.39, 0.29) is 17.6 Å². The fraction of sp³-hybridized carbons (Fsp3) is 0.765. The average Bonchev–Trinajstić information content (AvgIpc) is 3.82. The highest BCUT2D eigenvalue weighted by Gasteiger charge is 2.59. The maximum Gasteiger partial charge on any atom is 0.410 e. The van der Waals surface area contributed by atoms with Gasteiger partial charge in [-0.15, -0.1) is 16.4 Å². The van der Waals surface area contributed by atoms with Crippen molar-refractivity contribution in [3.63, 3.8) is 0 Å². The normalized spacial score (nSPS) is 34.6. The molecule has 266 valence electrons. The molecule has 0 spiro atoms. The van der Waals surface area contributed by atoms with Crippen molar-refractivity contribution in [1.29, 1.82) is 0 Å². The van der Waals surface area contributed by atoms with Gasteiger partial charge in [0.1, 0.15) is 36.4 Å². The van der Waals surface area contributed by atoms with E-state index in [1.165, 1.54) is 11.3 Å². The van der Waals surface area contributed by atoms with E-state index in [1.54, 1.807) is 24.9 Å². The van der Waals surface area contributed by atoms with E-state index in [4.69, 9.17) is 14.2 Å². The molecule has 1 amide bonds. The first-order valence-electron chi connectivity index (χ1n) is 17.5. The number of ether oxygens (including phenoxy) is 3. The van der Waals surface area contributed by atoms with Gasteiger partial charge in [-0.25, -0.2) is 9.78 Å². The Morgan fingerprint density at radius 1 is 1.12 bits per heavy atom. The number of carbonyl (C=O) groups is 3. The third kappa shape index (κ3) is 7.96. The number of esters is 1. The molecule has 0 unspecified atom stereocenters.